The van der Waals surface area contributed by atoms with Crippen LogP contribution in [0.1, 0.15) is 51.5 Å². The Morgan fingerprint density at radius 3 is 2.50 bits per heavy atom. The molecule has 1 aliphatic rings. The van der Waals surface area contributed by atoms with Gasteiger partial charge in [-0.05, 0) is 67.3 Å². The second-order valence-electron chi connectivity index (χ2n) is 9.55. The van der Waals surface area contributed by atoms with Gasteiger partial charge in [0.15, 0.2) is 5.13 Å². The molecule has 2 amide bonds. The monoisotopic (exact) mass is 551 g/mol. The van der Waals surface area contributed by atoms with E-state index in [1.165, 1.54) is 23.5 Å². The minimum Gasteiger partial charge on any atom is -0.308 e. The fourth-order valence-corrected chi connectivity index (χ4v) is 5.73. The van der Waals surface area contributed by atoms with E-state index in [1.54, 1.807) is 29.2 Å². The molecule has 5 aromatic rings. The molecule has 1 N–H and O–H groups in total. The zero-order chi connectivity index (χ0) is 27.8. The molecule has 0 unspecified atom stereocenters. The largest absolute Gasteiger partial charge is 0.308 e. The summed E-state index contributed by atoms with van der Waals surface area (Å²) in [6.45, 7) is 4.60. The normalized spacial score (nSPS) is 12.5. The molecule has 0 radical (unpaired) electrons. The number of nitrogens with zero attached hydrogens (tertiary/aromatic N) is 4. The number of rotatable bonds is 6. The van der Waals surface area contributed by atoms with Crippen LogP contribution < -0.4 is 10.2 Å². The van der Waals surface area contributed by atoms with Crippen LogP contribution in [0.3, 0.4) is 0 Å². The van der Waals surface area contributed by atoms with Crippen LogP contribution in [0.2, 0.25) is 0 Å². The fourth-order valence-electron chi connectivity index (χ4n) is 5.02. The predicted molar refractivity (Wildman–Crippen MR) is 156 cm³/mol. The van der Waals surface area contributed by atoms with Crippen LogP contribution in [-0.4, -0.2) is 33.3 Å². The first kappa shape index (κ1) is 25.8. The van der Waals surface area contributed by atoms with Crippen LogP contribution >= 0.6 is 11.3 Å². The van der Waals surface area contributed by atoms with Crippen molar-refractivity contribution in [2.75, 3.05) is 16.8 Å². The number of aryl methyl sites for hydroxylation is 2. The third kappa shape index (κ3) is 4.73. The maximum Gasteiger partial charge on any atom is 0.261 e. The second-order valence-corrected chi connectivity index (χ2v) is 10.4. The lowest BCUT2D eigenvalue weighted by Gasteiger charge is -2.18. The van der Waals surface area contributed by atoms with Crippen molar-refractivity contribution in [3.05, 3.63) is 99.9 Å². The van der Waals surface area contributed by atoms with Crippen LogP contribution in [0, 0.1) is 5.82 Å². The van der Waals surface area contributed by atoms with Crippen molar-refractivity contribution in [1.29, 1.82) is 0 Å². The molecule has 3 aromatic carbocycles. The van der Waals surface area contributed by atoms with Crippen molar-refractivity contribution in [2.24, 2.45) is 0 Å². The molecule has 7 nitrogen and oxygen atoms in total. The van der Waals surface area contributed by atoms with Crippen molar-refractivity contribution < 1.29 is 14.0 Å². The number of halogens is 1. The van der Waals surface area contributed by atoms with E-state index in [0.717, 1.165) is 52.3 Å². The third-order valence-corrected chi connectivity index (χ3v) is 7.85. The van der Waals surface area contributed by atoms with Gasteiger partial charge in [0.25, 0.3) is 11.8 Å². The summed E-state index contributed by atoms with van der Waals surface area (Å²) < 4.78 is 14.2. The van der Waals surface area contributed by atoms with E-state index in [9.17, 15) is 14.0 Å². The van der Waals surface area contributed by atoms with Crippen molar-refractivity contribution in [2.45, 2.75) is 33.1 Å². The summed E-state index contributed by atoms with van der Waals surface area (Å²) in [5.74, 6) is -1.14. The number of anilines is 2. The number of nitrogens with one attached hydrogen (secondary N) is 1. The second kappa shape index (κ2) is 10.6. The first-order chi connectivity index (χ1) is 19.4. The molecule has 0 spiro atoms. The minimum absolute atomic E-state index is 0.0642. The Balaban J connectivity index is 1.19. The average Bonchev–Trinajstić information content (AvgIpc) is 3.62. The highest BCUT2D eigenvalue weighted by Gasteiger charge is 2.27. The topological polar surface area (TPSA) is 88.1 Å². The number of aromatic nitrogens is 3. The number of amides is 2. The smallest absolute Gasteiger partial charge is 0.261 e. The van der Waals surface area contributed by atoms with Crippen LogP contribution in [0.5, 0.6) is 0 Å². The zero-order valence-electron chi connectivity index (χ0n) is 22.1. The number of benzene rings is 3. The minimum atomic E-state index is -0.525. The van der Waals surface area contributed by atoms with E-state index in [0.29, 0.717) is 29.2 Å². The first-order valence-corrected chi connectivity index (χ1v) is 14.1. The first-order valence-electron chi connectivity index (χ1n) is 13.2. The summed E-state index contributed by atoms with van der Waals surface area (Å²) in [4.78, 5) is 41.7. The van der Waals surface area contributed by atoms with E-state index in [1.807, 2.05) is 36.6 Å². The molecular formula is C31H26FN5O2S. The van der Waals surface area contributed by atoms with Crippen molar-refractivity contribution in [1.82, 2.24) is 15.0 Å². The van der Waals surface area contributed by atoms with Crippen LogP contribution in [0.4, 0.5) is 15.2 Å². The van der Waals surface area contributed by atoms with Gasteiger partial charge in [0.2, 0.25) is 0 Å². The van der Waals surface area contributed by atoms with Gasteiger partial charge < -0.3 is 4.90 Å². The number of carbonyl (C=O) groups excluding carboxylic acids is 2. The molecule has 0 fully saturated rings. The lowest BCUT2D eigenvalue weighted by atomic mass is 10.1. The SMILES string of the molecule is CCc1nc2ccc(C(=O)Nc3nc(-c4ccc5c(c4)CCN5C(=O)c4ccccc4F)cs3)cc2nc1CC. The standard InChI is InChI=1S/C31H26FN5O2S/c1-3-23-24(4-2)34-26-16-20(9-11-25(26)33-23)29(38)36-31-35-27(17-40-31)18-10-12-28-19(15-18)13-14-37(28)30(39)21-7-5-6-8-22(21)32/h5-12,15-17H,3-4,13-14H2,1-2H3,(H,35,36,38). The van der Waals surface area contributed by atoms with E-state index in [-0.39, 0.29) is 17.4 Å². The fraction of sp³-hybridized carbons (Fsp3) is 0.194. The third-order valence-electron chi connectivity index (χ3n) is 7.10. The van der Waals surface area contributed by atoms with Crippen LogP contribution in [-0.2, 0) is 19.3 Å². The van der Waals surface area contributed by atoms with E-state index >= 15 is 0 Å². The Morgan fingerprint density at radius 2 is 1.73 bits per heavy atom. The van der Waals surface area contributed by atoms with Gasteiger partial charge in [-0.15, -0.1) is 11.3 Å². The number of hydrogen-bond donors (Lipinski definition) is 1. The van der Waals surface area contributed by atoms with Gasteiger partial charge >= 0.3 is 0 Å². The molecule has 200 valence electrons. The highest BCUT2D eigenvalue weighted by molar-refractivity contribution is 7.14. The number of fused-ring (bicyclic) bond motifs is 2. The highest BCUT2D eigenvalue weighted by atomic mass is 32.1. The number of thiazole rings is 1. The summed E-state index contributed by atoms with van der Waals surface area (Å²) >= 11 is 1.34. The zero-order valence-corrected chi connectivity index (χ0v) is 22.9. The molecule has 3 heterocycles. The summed E-state index contributed by atoms with van der Waals surface area (Å²) in [6, 6.07) is 17.1. The van der Waals surface area contributed by atoms with Gasteiger partial charge in [0.1, 0.15) is 5.82 Å². The van der Waals surface area contributed by atoms with E-state index in [4.69, 9.17) is 9.97 Å². The van der Waals surface area contributed by atoms with Crippen molar-refractivity contribution in [3.63, 3.8) is 0 Å². The van der Waals surface area contributed by atoms with E-state index < -0.39 is 5.82 Å². The Hall–Kier alpha value is -4.50. The molecule has 9 heteroatoms. The van der Waals surface area contributed by atoms with Gasteiger partial charge in [0, 0.05) is 28.7 Å². The molecule has 0 saturated heterocycles. The van der Waals surface area contributed by atoms with E-state index in [2.05, 4.69) is 17.2 Å². The molecular weight excluding hydrogens is 525 g/mol. The van der Waals surface area contributed by atoms with Crippen LogP contribution in [0.25, 0.3) is 22.3 Å². The average molecular weight is 552 g/mol. The summed E-state index contributed by atoms with van der Waals surface area (Å²) in [5, 5.41) is 5.27. The van der Waals surface area contributed by atoms with Crippen LogP contribution in [0.15, 0.2) is 66.0 Å². The van der Waals surface area contributed by atoms with Gasteiger partial charge in [-0.25, -0.2) is 19.3 Å². The Bertz CT molecular complexity index is 1780. The molecule has 1 aliphatic heterocycles. The Morgan fingerprint density at radius 1 is 0.950 bits per heavy atom. The molecule has 0 bridgehead atoms. The molecule has 6 rings (SSSR count). The predicted octanol–water partition coefficient (Wildman–Crippen LogP) is 6.47. The number of hydrogen-bond acceptors (Lipinski definition) is 6. The molecule has 40 heavy (non-hydrogen) atoms. The molecule has 2 aromatic heterocycles. The van der Waals surface area contributed by atoms with Gasteiger partial charge in [0.05, 0.1) is 33.7 Å². The number of carbonyl (C=O) groups is 2. The molecule has 0 saturated carbocycles. The van der Waals surface area contributed by atoms with Crippen molar-refractivity contribution >= 4 is 45.0 Å². The molecule has 0 atom stereocenters. The summed E-state index contributed by atoms with van der Waals surface area (Å²) in [6.07, 6.45) is 2.27. The summed E-state index contributed by atoms with van der Waals surface area (Å²) in [7, 11) is 0. The maximum atomic E-state index is 14.2. The van der Waals surface area contributed by atoms with Gasteiger partial charge in [-0.3, -0.25) is 14.9 Å². The lowest BCUT2D eigenvalue weighted by Crippen LogP contribution is -2.29. The maximum absolute atomic E-state index is 14.2. The van der Waals surface area contributed by atoms with Gasteiger partial charge in [-0.2, -0.15) is 0 Å². The molecule has 0 aliphatic carbocycles. The Labute approximate surface area is 234 Å². The van der Waals surface area contributed by atoms with Gasteiger partial charge in [-0.1, -0.05) is 32.0 Å². The lowest BCUT2D eigenvalue weighted by molar-refractivity contribution is 0.0984. The van der Waals surface area contributed by atoms with Crippen molar-refractivity contribution in [3.8, 4) is 11.3 Å². The quantitative estimate of drug-likeness (QED) is 0.261. The highest BCUT2D eigenvalue weighted by Crippen LogP contribution is 2.34. The Kier molecular flexibility index (Phi) is 6.81. The summed E-state index contributed by atoms with van der Waals surface area (Å²) in [5.41, 5.74) is 7.34.